The van der Waals surface area contributed by atoms with Gasteiger partial charge in [-0.3, -0.25) is 4.79 Å². The lowest BCUT2D eigenvalue weighted by molar-refractivity contribution is -0.115. The molecule has 7 heteroatoms. The van der Waals surface area contributed by atoms with Gasteiger partial charge in [0.15, 0.2) is 0 Å². The van der Waals surface area contributed by atoms with Crippen LogP contribution in [0.25, 0.3) is 27.9 Å². The van der Waals surface area contributed by atoms with Gasteiger partial charge in [-0.05, 0) is 53.6 Å². The lowest BCUT2D eigenvalue weighted by atomic mass is 10.1. The normalized spacial score (nSPS) is 11.0. The maximum absolute atomic E-state index is 13.3. The molecule has 162 valence electrons. The largest absolute Gasteiger partial charge is 0.326 e. The molecule has 2 heterocycles. The summed E-state index contributed by atoms with van der Waals surface area (Å²) in [6.45, 7) is 0. The molecule has 0 fully saturated rings. The van der Waals surface area contributed by atoms with Crippen LogP contribution >= 0.6 is 11.6 Å². The van der Waals surface area contributed by atoms with E-state index in [4.69, 9.17) is 11.6 Å². The molecule has 0 aliphatic heterocycles. The molecular formula is C26H18ClFN4O. The number of hydrogen-bond donors (Lipinski definition) is 1. The average Bonchev–Trinajstić information content (AvgIpc) is 3.26. The number of nitrogens with zero attached hydrogens (tertiary/aromatic N) is 3. The molecular weight excluding hydrogens is 439 g/mol. The van der Waals surface area contributed by atoms with Gasteiger partial charge in [-0.25, -0.2) is 13.9 Å². The number of nitrogens with one attached hydrogen (secondary N) is 1. The Morgan fingerprint density at radius 2 is 1.61 bits per heavy atom. The fraction of sp³-hybridized carbons (Fsp3) is 0.0385. The van der Waals surface area contributed by atoms with Crippen molar-refractivity contribution in [2.75, 3.05) is 5.32 Å². The van der Waals surface area contributed by atoms with Gasteiger partial charge >= 0.3 is 0 Å². The Kier molecular flexibility index (Phi) is 5.59. The van der Waals surface area contributed by atoms with Crippen molar-refractivity contribution in [2.24, 2.45) is 0 Å². The number of fused-ring (bicyclic) bond motifs is 1. The smallest absolute Gasteiger partial charge is 0.228 e. The van der Waals surface area contributed by atoms with Gasteiger partial charge in [-0.15, -0.1) is 0 Å². The molecule has 2 aromatic heterocycles. The van der Waals surface area contributed by atoms with Crippen molar-refractivity contribution in [2.45, 2.75) is 6.42 Å². The van der Waals surface area contributed by atoms with Crippen LogP contribution in [0.3, 0.4) is 0 Å². The second-order valence-electron chi connectivity index (χ2n) is 7.60. The van der Waals surface area contributed by atoms with Gasteiger partial charge in [0, 0.05) is 28.0 Å². The third-order valence-electron chi connectivity index (χ3n) is 5.30. The summed E-state index contributed by atoms with van der Waals surface area (Å²) in [5.41, 5.74) is 5.89. The number of carbonyl (C=O) groups excluding carboxylic acids is 1. The molecule has 0 unspecified atom stereocenters. The molecule has 0 saturated carbocycles. The molecule has 5 aromatic rings. The number of hydrogen-bond acceptors (Lipinski definition) is 3. The van der Waals surface area contributed by atoms with Crippen molar-refractivity contribution >= 4 is 28.7 Å². The number of rotatable bonds is 5. The first kappa shape index (κ1) is 20.8. The Balaban J connectivity index is 1.36. The van der Waals surface area contributed by atoms with E-state index in [2.05, 4.69) is 15.4 Å². The topological polar surface area (TPSA) is 59.3 Å². The van der Waals surface area contributed by atoms with Crippen molar-refractivity contribution in [3.63, 3.8) is 0 Å². The number of carbonyl (C=O) groups is 1. The summed E-state index contributed by atoms with van der Waals surface area (Å²) in [7, 11) is 0. The van der Waals surface area contributed by atoms with Gasteiger partial charge in [0.05, 0.1) is 17.6 Å². The molecule has 0 atom stereocenters. The maximum atomic E-state index is 13.3. The Morgan fingerprint density at radius 3 is 2.33 bits per heavy atom. The highest BCUT2D eigenvalue weighted by atomic mass is 35.5. The van der Waals surface area contributed by atoms with Gasteiger partial charge in [0.1, 0.15) is 12.1 Å². The Bertz CT molecular complexity index is 1430. The summed E-state index contributed by atoms with van der Waals surface area (Å²) >= 11 is 5.89. The van der Waals surface area contributed by atoms with Crippen molar-refractivity contribution in [1.29, 1.82) is 0 Å². The predicted molar refractivity (Wildman–Crippen MR) is 128 cm³/mol. The van der Waals surface area contributed by atoms with E-state index < -0.39 is 0 Å². The van der Waals surface area contributed by atoms with Crippen LogP contribution in [0.5, 0.6) is 0 Å². The van der Waals surface area contributed by atoms with Crippen LogP contribution < -0.4 is 5.32 Å². The molecule has 0 radical (unpaired) electrons. The fourth-order valence-corrected chi connectivity index (χ4v) is 3.78. The molecule has 5 rings (SSSR count). The summed E-state index contributed by atoms with van der Waals surface area (Å²) in [5, 5.41) is 7.85. The highest BCUT2D eigenvalue weighted by Crippen LogP contribution is 2.28. The minimum atomic E-state index is -0.275. The Hall–Kier alpha value is -4.03. The molecule has 5 nitrogen and oxygen atoms in total. The summed E-state index contributed by atoms with van der Waals surface area (Å²) in [6, 6.07) is 23.0. The standard InChI is InChI=1S/C26H18ClFN4O/c27-21-7-1-17(2-8-21)13-25(33)31-23-11-5-19(6-12-23)26-24-14-20(15-32(24)30-16-29-26)18-3-9-22(28)10-4-18/h1-12,14-16H,13H2,(H,31,33). The monoisotopic (exact) mass is 456 g/mol. The van der Waals surface area contributed by atoms with Gasteiger partial charge in [-0.1, -0.05) is 48.0 Å². The number of anilines is 1. The second-order valence-corrected chi connectivity index (χ2v) is 8.04. The summed E-state index contributed by atoms with van der Waals surface area (Å²) in [6.07, 6.45) is 3.65. The summed E-state index contributed by atoms with van der Waals surface area (Å²) in [4.78, 5) is 16.8. The summed E-state index contributed by atoms with van der Waals surface area (Å²) in [5.74, 6) is -0.381. The SMILES string of the molecule is O=C(Cc1ccc(Cl)cc1)Nc1ccc(-c2ncnn3cc(-c4ccc(F)cc4)cc23)cc1. The van der Waals surface area contributed by atoms with Crippen LogP contribution in [0.2, 0.25) is 5.02 Å². The number of aromatic nitrogens is 3. The third kappa shape index (κ3) is 4.61. The molecule has 1 amide bonds. The zero-order valence-corrected chi connectivity index (χ0v) is 18.1. The van der Waals surface area contributed by atoms with E-state index in [-0.39, 0.29) is 18.1 Å². The highest BCUT2D eigenvalue weighted by molar-refractivity contribution is 6.30. The molecule has 0 aliphatic carbocycles. The van der Waals surface area contributed by atoms with Gasteiger partial charge in [0.2, 0.25) is 5.91 Å². The molecule has 0 saturated heterocycles. The van der Waals surface area contributed by atoms with Gasteiger partial charge in [-0.2, -0.15) is 5.10 Å². The molecule has 33 heavy (non-hydrogen) atoms. The maximum Gasteiger partial charge on any atom is 0.228 e. The van der Waals surface area contributed by atoms with Crippen LogP contribution in [-0.2, 0) is 11.2 Å². The van der Waals surface area contributed by atoms with Crippen molar-refractivity contribution in [1.82, 2.24) is 14.6 Å². The number of benzene rings is 3. The van der Waals surface area contributed by atoms with Crippen LogP contribution in [0, 0.1) is 5.82 Å². The van der Waals surface area contributed by atoms with Crippen LogP contribution in [0.1, 0.15) is 5.56 Å². The first-order valence-electron chi connectivity index (χ1n) is 10.3. The van der Waals surface area contributed by atoms with Crippen molar-refractivity contribution in [3.05, 3.63) is 108 Å². The summed E-state index contributed by atoms with van der Waals surface area (Å²) < 4.78 is 15.0. The highest BCUT2D eigenvalue weighted by Gasteiger charge is 2.11. The minimum absolute atomic E-state index is 0.106. The van der Waals surface area contributed by atoms with E-state index in [1.54, 1.807) is 28.8 Å². The van der Waals surface area contributed by atoms with E-state index in [1.807, 2.05) is 48.7 Å². The van der Waals surface area contributed by atoms with E-state index >= 15 is 0 Å². The average molecular weight is 457 g/mol. The van der Waals surface area contributed by atoms with Crippen LogP contribution in [0.15, 0.2) is 91.4 Å². The van der Waals surface area contributed by atoms with Crippen LogP contribution in [0.4, 0.5) is 10.1 Å². The molecule has 3 aromatic carbocycles. The first-order chi connectivity index (χ1) is 16.0. The number of halogens is 2. The predicted octanol–water partition coefficient (Wildman–Crippen LogP) is 6.04. The lowest BCUT2D eigenvalue weighted by Gasteiger charge is -2.07. The quantitative estimate of drug-likeness (QED) is 0.351. The molecule has 0 spiro atoms. The van der Waals surface area contributed by atoms with E-state index in [0.717, 1.165) is 33.5 Å². The Morgan fingerprint density at radius 1 is 0.909 bits per heavy atom. The van der Waals surface area contributed by atoms with E-state index in [1.165, 1.54) is 18.5 Å². The molecule has 1 N–H and O–H groups in total. The van der Waals surface area contributed by atoms with Crippen molar-refractivity contribution in [3.8, 4) is 22.4 Å². The van der Waals surface area contributed by atoms with E-state index in [0.29, 0.717) is 10.7 Å². The molecule has 0 bridgehead atoms. The van der Waals surface area contributed by atoms with E-state index in [9.17, 15) is 9.18 Å². The van der Waals surface area contributed by atoms with Crippen LogP contribution in [-0.4, -0.2) is 20.5 Å². The fourth-order valence-electron chi connectivity index (χ4n) is 3.66. The third-order valence-corrected chi connectivity index (χ3v) is 5.56. The van der Waals surface area contributed by atoms with Gasteiger partial charge < -0.3 is 5.32 Å². The zero-order valence-electron chi connectivity index (χ0n) is 17.4. The Labute approximate surface area is 194 Å². The first-order valence-corrected chi connectivity index (χ1v) is 10.7. The second kappa shape index (κ2) is 8.84. The minimum Gasteiger partial charge on any atom is -0.326 e. The lowest BCUT2D eigenvalue weighted by Crippen LogP contribution is -2.14. The molecule has 0 aliphatic rings. The zero-order chi connectivity index (χ0) is 22.8. The van der Waals surface area contributed by atoms with Crippen molar-refractivity contribution < 1.29 is 9.18 Å². The number of amides is 1. The van der Waals surface area contributed by atoms with Gasteiger partial charge in [0.25, 0.3) is 0 Å².